The van der Waals surface area contributed by atoms with Gasteiger partial charge in [0.05, 0.1) is 30.1 Å². The monoisotopic (exact) mass is 358 g/mol. The lowest BCUT2D eigenvalue weighted by Crippen LogP contribution is -3.04. The summed E-state index contributed by atoms with van der Waals surface area (Å²) in [7, 11) is 0. The van der Waals surface area contributed by atoms with E-state index >= 15 is 0 Å². The number of amides is 1. The molecule has 2 aromatic rings. The number of ether oxygens (including phenoxy) is 1. The summed E-state index contributed by atoms with van der Waals surface area (Å²) in [6, 6.07) is 7.91. The van der Waals surface area contributed by atoms with E-state index in [0.717, 1.165) is 6.92 Å². The maximum Gasteiger partial charge on any atom is 0.333 e. The van der Waals surface area contributed by atoms with Gasteiger partial charge in [0.15, 0.2) is 5.75 Å². The molecule has 1 amide bonds. The highest BCUT2D eigenvalue weighted by molar-refractivity contribution is 5.78. The van der Waals surface area contributed by atoms with Gasteiger partial charge in [-0.1, -0.05) is 6.07 Å². The van der Waals surface area contributed by atoms with Crippen molar-refractivity contribution in [1.29, 1.82) is 0 Å². The van der Waals surface area contributed by atoms with Crippen LogP contribution in [0.5, 0.6) is 5.75 Å². The number of aromatic nitrogens is 1. The minimum Gasteiger partial charge on any atom is -0.621 e. The van der Waals surface area contributed by atoms with Gasteiger partial charge in [-0.05, 0) is 26.0 Å². The van der Waals surface area contributed by atoms with E-state index in [4.69, 9.17) is 4.74 Å². The maximum atomic E-state index is 12.2. The van der Waals surface area contributed by atoms with Crippen molar-refractivity contribution in [3.05, 3.63) is 51.9 Å². The second-order valence-electron chi connectivity index (χ2n) is 6.62. The zero-order chi connectivity index (χ0) is 19.1. The lowest BCUT2D eigenvalue weighted by Gasteiger charge is -2.40. The topological polar surface area (TPSA) is 113 Å². The van der Waals surface area contributed by atoms with Crippen molar-refractivity contribution in [2.45, 2.75) is 26.4 Å². The molecule has 1 aromatic heterocycles. The van der Waals surface area contributed by atoms with Crippen molar-refractivity contribution in [2.24, 2.45) is 0 Å². The molecule has 1 aromatic carbocycles. The van der Waals surface area contributed by atoms with Gasteiger partial charge in [0, 0.05) is 12.3 Å². The number of nitrogens with one attached hydrogen (secondary N) is 1. The van der Waals surface area contributed by atoms with Gasteiger partial charge in [-0.25, -0.2) is 9.78 Å². The van der Waals surface area contributed by atoms with Crippen LogP contribution in [0, 0.1) is 15.3 Å². The van der Waals surface area contributed by atoms with Crippen LogP contribution >= 0.6 is 0 Å². The van der Waals surface area contributed by atoms with Crippen LogP contribution in [0.1, 0.15) is 20.8 Å². The Morgan fingerprint density at radius 3 is 2.69 bits per heavy atom. The molecule has 1 N–H and O–H groups in total. The average molecular weight is 358 g/mol. The molecule has 26 heavy (non-hydrogen) atoms. The van der Waals surface area contributed by atoms with Crippen LogP contribution in [0.4, 0.5) is 22.9 Å². The first-order chi connectivity index (χ1) is 12.2. The van der Waals surface area contributed by atoms with Crippen molar-refractivity contribution in [2.75, 3.05) is 11.4 Å². The Hall–Kier alpha value is -3.04. The summed E-state index contributed by atoms with van der Waals surface area (Å²) >= 11 is 0. The highest BCUT2D eigenvalue weighted by Crippen LogP contribution is 2.44. The number of hydrogen-bond donors (Lipinski definition) is 1. The third kappa shape index (κ3) is 3.22. The Bertz CT molecular complexity index is 869. The first-order valence-corrected chi connectivity index (χ1v) is 7.95. The standard InChI is InChI=1S/C17H18N4O5/c1-11(22)20(23)12-8-14-15(9-13(12)21(24)25)26-17(2,3)10-19(14)16-6-4-5-7-18-16/h4-9,20H,10H2,1-3H3. The number of fused-ring (bicyclic) bond motifs is 1. The van der Waals surface area contributed by atoms with Crippen LogP contribution in [0.3, 0.4) is 0 Å². The Balaban J connectivity index is 2.22. The summed E-state index contributed by atoms with van der Waals surface area (Å²) in [5.74, 6) is 0.105. The molecule has 136 valence electrons. The Kier molecular flexibility index (Phi) is 4.34. The van der Waals surface area contributed by atoms with E-state index in [1.807, 2.05) is 24.8 Å². The molecule has 2 heterocycles. The highest BCUT2D eigenvalue weighted by Gasteiger charge is 2.37. The molecule has 0 spiro atoms. The molecule has 0 fully saturated rings. The van der Waals surface area contributed by atoms with E-state index in [9.17, 15) is 20.1 Å². The number of benzene rings is 1. The van der Waals surface area contributed by atoms with E-state index in [2.05, 4.69) is 4.98 Å². The second-order valence-corrected chi connectivity index (χ2v) is 6.62. The van der Waals surface area contributed by atoms with Gasteiger partial charge in [0.25, 0.3) is 0 Å². The molecular weight excluding hydrogens is 340 g/mol. The highest BCUT2D eigenvalue weighted by atomic mass is 16.6. The lowest BCUT2D eigenvalue weighted by molar-refractivity contribution is -0.690. The normalized spacial score (nSPS) is 16.4. The molecule has 9 heteroatoms. The van der Waals surface area contributed by atoms with E-state index in [1.165, 1.54) is 12.1 Å². The molecule has 3 rings (SSSR count). The lowest BCUT2D eigenvalue weighted by atomic mass is 10.0. The van der Waals surface area contributed by atoms with Crippen LogP contribution < -0.4 is 14.7 Å². The van der Waals surface area contributed by atoms with Crippen molar-refractivity contribution in [3.63, 3.8) is 0 Å². The van der Waals surface area contributed by atoms with E-state index < -0.39 is 27.2 Å². The smallest absolute Gasteiger partial charge is 0.333 e. The van der Waals surface area contributed by atoms with Crippen LogP contribution in [-0.4, -0.2) is 28.0 Å². The van der Waals surface area contributed by atoms with Crippen LogP contribution in [0.15, 0.2) is 36.5 Å². The van der Waals surface area contributed by atoms with E-state index in [-0.39, 0.29) is 11.4 Å². The summed E-state index contributed by atoms with van der Waals surface area (Å²) in [6.07, 6.45) is 1.63. The summed E-state index contributed by atoms with van der Waals surface area (Å²) in [5.41, 5.74) is -0.892. The first-order valence-electron chi connectivity index (χ1n) is 7.95. The summed E-state index contributed by atoms with van der Waals surface area (Å²) < 4.78 is 5.89. The zero-order valence-corrected chi connectivity index (χ0v) is 14.6. The molecule has 9 nitrogen and oxygen atoms in total. The van der Waals surface area contributed by atoms with Crippen molar-refractivity contribution >= 4 is 28.8 Å². The van der Waals surface area contributed by atoms with Gasteiger partial charge < -0.3 is 14.8 Å². The second kappa shape index (κ2) is 6.36. The number of quaternary nitrogens is 1. The van der Waals surface area contributed by atoms with Gasteiger partial charge in [0.1, 0.15) is 11.4 Å². The molecule has 0 aliphatic carbocycles. The van der Waals surface area contributed by atoms with Gasteiger partial charge in [-0.3, -0.25) is 15.2 Å². The van der Waals surface area contributed by atoms with Gasteiger partial charge in [0.2, 0.25) is 5.69 Å². The number of carbonyl (C=O) groups excluding carboxylic acids is 1. The van der Waals surface area contributed by atoms with E-state index in [0.29, 0.717) is 18.1 Å². The molecule has 1 atom stereocenters. The number of hydroxylamine groups is 1. The summed E-state index contributed by atoms with van der Waals surface area (Å²) in [5, 5.41) is 22.7. The van der Waals surface area contributed by atoms with Crippen molar-refractivity contribution in [3.8, 4) is 5.75 Å². The number of pyridine rings is 1. The fourth-order valence-electron chi connectivity index (χ4n) is 2.89. The molecule has 0 bridgehead atoms. The minimum atomic E-state index is -0.912. The zero-order valence-electron chi connectivity index (χ0n) is 14.6. The fourth-order valence-corrected chi connectivity index (χ4v) is 2.89. The van der Waals surface area contributed by atoms with Crippen molar-refractivity contribution in [1.82, 2.24) is 4.98 Å². The van der Waals surface area contributed by atoms with Crippen LogP contribution in [-0.2, 0) is 4.79 Å². The molecular formula is C17H18N4O5. The number of hydrogen-bond acceptors (Lipinski definition) is 7. The molecule has 0 radical (unpaired) electrons. The number of nitrogens with zero attached hydrogens (tertiary/aromatic N) is 3. The predicted molar refractivity (Wildman–Crippen MR) is 93.7 cm³/mol. The Morgan fingerprint density at radius 2 is 2.12 bits per heavy atom. The number of nitro benzene ring substituents is 1. The maximum absolute atomic E-state index is 12.2. The van der Waals surface area contributed by atoms with E-state index in [1.54, 1.807) is 18.3 Å². The number of carbonyl (C=O) groups is 1. The van der Waals surface area contributed by atoms with Gasteiger partial charge in [-0.2, -0.15) is 0 Å². The minimum absolute atomic E-state index is 0.259. The third-order valence-electron chi connectivity index (χ3n) is 3.98. The number of rotatable bonds is 3. The summed E-state index contributed by atoms with van der Waals surface area (Å²) in [4.78, 5) is 28.4. The van der Waals surface area contributed by atoms with Gasteiger partial charge >= 0.3 is 11.6 Å². The van der Waals surface area contributed by atoms with Crippen LogP contribution in [0.2, 0.25) is 0 Å². The SMILES string of the molecule is CC(=O)[NH+]([O-])c1cc2c(cc1[N+](=O)[O-])OC(C)(C)CN2c1ccccn1. The Morgan fingerprint density at radius 1 is 1.38 bits per heavy atom. The predicted octanol–water partition coefficient (Wildman–Crippen LogP) is 1.86. The molecule has 1 aliphatic heterocycles. The first kappa shape index (κ1) is 17.8. The fraction of sp³-hybridized carbons (Fsp3) is 0.294. The molecule has 1 aliphatic rings. The number of nitro groups is 1. The van der Waals surface area contributed by atoms with Crippen LogP contribution in [0.25, 0.3) is 0 Å². The largest absolute Gasteiger partial charge is 0.621 e. The quantitative estimate of drug-likeness (QED) is 0.658. The summed E-state index contributed by atoms with van der Waals surface area (Å²) in [6.45, 7) is 5.21. The molecule has 0 saturated carbocycles. The van der Waals surface area contributed by atoms with Crippen molar-refractivity contribution < 1.29 is 19.5 Å². The number of anilines is 2. The van der Waals surface area contributed by atoms with Gasteiger partial charge in [-0.15, -0.1) is 0 Å². The Labute approximate surface area is 149 Å². The molecule has 0 saturated heterocycles. The third-order valence-corrected chi connectivity index (χ3v) is 3.98. The molecule has 1 unspecified atom stereocenters. The average Bonchev–Trinajstić information content (AvgIpc) is 2.59.